The number of rotatable bonds is 2. The molecule has 3 heterocycles. The lowest BCUT2D eigenvalue weighted by Crippen LogP contribution is -2.22. The Morgan fingerprint density at radius 3 is 2.85 bits per heavy atom. The highest BCUT2D eigenvalue weighted by atomic mass is 15.3. The molecule has 0 aromatic carbocycles. The molecule has 1 aliphatic heterocycles. The van der Waals surface area contributed by atoms with Gasteiger partial charge in [-0.05, 0) is 25.7 Å². The fourth-order valence-corrected chi connectivity index (χ4v) is 3.40. The molecule has 0 radical (unpaired) electrons. The van der Waals surface area contributed by atoms with Gasteiger partial charge in [0.15, 0.2) is 0 Å². The third-order valence-electron chi connectivity index (χ3n) is 4.23. The number of nitrogen functional groups attached to an aromatic ring is 1. The van der Waals surface area contributed by atoms with Crippen LogP contribution in [0.1, 0.15) is 44.8 Å². The zero-order valence-electron chi connectivity index (χ0n) is 12.7. The fraction of sp³-hybridized carbons (Fsp3) is 0.600. The highest BCUT2D eigenvalue weighted by Crippen LogP contribution is 2.36. The third kappa shape index (κ3) is 1.92. The quantitative estimate of drug-likeness (QED) is 0.914. The van der Waals surface area contributed by atoms with Crippen LogP contribution in [-0.4, -0.2) is 19.3 Å². The van der Waals surface area contributed by atoms with Crippen LogP contribution in [0, 0.1) is 5.92 Å². The number of hydrogen-bond acceptors (Lipinski definition) is 3. The Balaban J connectivity index is 2.14. The van der Waals surface area contributed by atoms with E-state index in [2.05, 4.69) is 30.4 Å². The first kappa shape index (κ1) is 13.2. The zero-order valence-corrected chi connectivity index (χ0v) is 12.7. The molecule has 20 heavy (non-hydrogen) atoms. The average molecular weight is 273 g/mol. The minimum atomic E-state index is 0.428. The molecule has 0 bridgehead atoms. The molecule has 2 aromatic heterocycles. The highest BCUT2D eigenvalue weighted by molar-refractivity contribution is 5.72. The maximum atomic E-state index is 6.39. The smallest absolute Gasteiger partial charge is 0.132 e. The van der Waals surface area contributed by atoms with Crippen molar-refractivity contribution in [2.75, 3.05) is 5.73 Å². The molecule has 0 amide bonds. The number of aromatic nitrogens is 4. The number of nitrogens with zero attached hydrogens (tertiary/aromatic N) is 4. The molecule has 108 valence electrons. The third-order valence-corrected chi connectivity index (χ3v) is 4.23. The molecule has 0 aliphatic carbocycles. The van der Waals surface area contributed by atoms with E-state index in [0.717, 1.165) is 41.4 Å². The molecule has 5 heteroatoms. The summed E-state index contributed by atoms with van der Waals surface area (Å²) in [6.07, 6.45) is 5.10. The summed E-state index contributed by atoms with van der Waals surface area (Å²) >= 11 is 0. The van der Waals surface area contributed by atoms with Gasteiger partial charge in [0.1, 0.15) is 17.3 Å². The van der Waals surface area contributed by atoms with Gasteiger partial charge in [-0.3, -0.25) is 4.68 Å². The van der Waals surface area contributed by atoms with E-state index in [9.17, 15) is 0 Å². The van der Waals surface area contributed by atoms with Gasteiger partial charge in [-0.25, -0.2) is 4.98 Å². The van der Waals surface area contributed by atoms with Crippen molar-refractivity contribution in [2.24, 2.45) is 13.0 Å². The van der Waals surface area contributed by atoms with Crippen LogP contribution in [0.3, 0.4) is 0 Å². The van der Waals surface area contributed by atoms with Crippen molar-refractivity contribution in [3.05, 3.63) is 17.7 Å². The summed E-state index contributed by atoms with van der Waals surface area (Å²) < 4.78 is 4.06. The van der Waals surface area contributed by atoms with Crippen molar-refractivity contribution in [3.63, 3.8) is 0 Å². The van der Waals surface area contributed by atoms with E-state index >= 15 is 0 Å². The van der Waals surface area contributed by atoms with E-state index in [1.807, 2.05) is 17.9 Å². The number of aryl methyl sites for hydroxylation is 2. The second-order valence-corrected chi connectivity index (χ2v) is 6.04. The van der Waals surface area contributed by atoms with E-state index in [4.69, 9.17) is 10.7 Å². The van der Waals surface area contributed by atoms with Crippen molar-refractivity contribution in [1.82, 2.24) is 19.3 Å². The average Bonchev–Trinajstić information content (AvgIpc) is 2.89. The Labute approximate surface area is 119 Å². The molecule has 0 fully saturated rings. The summed E-state index contributed by atoms with van der Waals surface area (Å²) in [5.41, 5.74) is 9.44. The number of nitrogens with two attached hydrogens (primary N) is 1. The molecule has 0 spiro atoms. The molecule has 2 aromatic rings. The molecule has 2 atom stereocenters. The van der Waals surface area contributed by atoms with Crippen LogP contribution in [0.25, 0.3) is 11.3 Å². The van der Waals surface area contributed by atoms with Crippen LogP contribution in [-0.2, 0) is 19.9 Å². The number of fused-ring (bicyclic) bond motifs is 1. The number of anilines is 1. The summed E-state index contributed by atoms with van der Waals surface area (Å²) in [4.78, 5) is 4.83. The monoisotopic (exact) mass is 273 g/mol. The molecule has 3 rings (SSSR count). The van der Waals surface area contributed by atoms with Crippen LogP contribution in [0.15, 0.2) is 6.20 Å². The molecule has 0 saturated heterocycles. The molecule has 2 N–H and O–H groups in total. The minimum Gasteiger partial charge on any atom is -0.383 e. The van der Waals surface area contributed by atoms with E-state index in [0.29, 0.717) is 12.0 Å². The van der Waals surface area contributed by atoms with E-state index in [-0.39, 0.29) is 0 Å². The van der Waals surface area contributed by atoms with Gasteiger partial charge in [0, 0.05) is 31.3 Å². The van der Waals surface area contributed by atoms with Gasteiger partial charge in [-0.15, -0.1) is 0 Å². The Bertz CT molecular complexity index is 637. The van der Waals surface area contributed by atoms with Crippen LogP contribution in [0.4, 0.5) is 5.82 Å². The van der Waals surface area contributed by atoms with Crippen molar-refractivity contribution in [2.45, 2.75) is 46.1 Å². The second kappa shape index (κ2) is 4.65. The van der Waals surface area contributed by atoms with Crippen molar-refractivity contribution < 1.29 is 0 Å². The largest absolute Gasteiger partial charge is 0.383 e. The maximum Gasteiger partial charge on any atom is 0.132 e. The van der Waals surface area contributed by atoms with Gasteiger partial charge in [0.2, 0.25) is 0 Å². The van der Waals surface area contributed by atoms with Gasteiger partial charge < -0.3 is 10.3 Å². The Kier molecular flexibility index (Phi) is 3.07. The zero-order chi connectivity index (χ0) is 14.4. The predicted octanol–water partition coefficient (Wildman–Crippen LogP) is 2.57. The lowest BCUT2D eigenvalue weighted by Gasteiger charge is -2.27. The lowest BCUT2D eigenvalue weighted by atomic mass is 9.95. The minimum absolute atomic E-state index is 0.428. The van der Waals surface area contributed by atoms with Gasteiger partial charge in [0.05, 0.1) is 5.69 Å². The van der Waals surface area contributed by atoms with Crippen LogP contribution in [0.5, 0.6) is 0 Å². The predicted molar refractivity (Wildman–Crippen MR) is 80.4 cm³/mol. The van der Waals surface area contributed by atoms with Gasteiger partial charge in [-0.1, -0.05) is 13.8 Å². The number of imidazole rings is 1. The maximum absolute atomic E-state index is 6.39. The van der Waals surface area contributed by atoms with E-state index in [1.54, 1.807) is 0 Å². The van der Waals surface area contributed by atoms with Crippen molar-refractivity contribution in [1.29, 1.82) is 0 Å². The molecule has 1 aliphatic rings. The standard InChI is InChI=1S/C15H23N5/c1-5-12-11(8-19(4)18-12)14-15(16)20-10(3)6-9(2)7-13(20)17-14/h8-10H,5-7,16H2,1-4H3. The number of hydrogen-bond donors (Lipinski definition) is 1. The fourth-order valence-electron chi connectivity index (χ4n) is 3.40. The van der Waals surface area contributed by atoms with Gasteiger partial charge in [0.25, 0.3) is 0 Å². The van der Waals surface area contributed by atoms with Crippen LogP contribution >= 0.6 is 0 Å². The molecule has 0 saturated carbocycles. The Morgan fingerprint density at radius 2 is 2.15 bits per heavy atom. The van der Waals surface area contributed by atoms with Crippen molar-refractivity contribution >= 4 is 5.82 Å². The summed E-state index contributed by atoms with van der Waals surface area (Å²) in [5.74, 6) is 2.59. The van der Waals surface area contributed by atoms with Gasteiger partial charge in [-0.2, -0.15) is 5.10 Å². The first-order valence-corrected chi connectivity index (χ1v) is 7.40. The summed E-state index contributed by atoms with van der Waals surface area (Å²) in [5, 5.41) is 4.50. The second-order valence-electron chi connectivity index (χ2n) is 6.04. The highest BCUT2D eigenvalue weighted by Gasteiger charge is 2.28. The molecular formula is C15H23N5. The Morgan fingerprint density at radius 1 is 1.40 bits per heavy atom. The SMILES string of the molecule is CCc1nn(C)cc1-c1nc2n(c1N)C(C)CC(C)C2. The van der Waals surface area contributed by atoms with Gasteiger partial charge >= 0.3 is 0 Å². The molecule has 5 nitrogen and oxygen atoms in total. The first-order chi connectivity index (χ1) is 9.51. The summed E-state index contributed by atoms with van der Waals surface area (Å²) in [6, 6.07) is 0.428. The summed E-state index contributed by atoms with van der Waals surface area (Å²) in [7, 11) is 1.94. The van der Waals surface area contributed by atoms with Crippen LogP contribution < -0.4 is 5.73 Å². The van der Waals surface area contributed by atoms with Crippen molar-refractivity contribution in [3.8, 4) is 11.3 Å². The molecule has 2 unspecified atom stereocenters. The van der Waals surface area contributed by atoms with E-state index < -0.39 is 0 Å². The molecular weight excluding hydrogens is 250 g/mol. The normalized spacial score (nSPS) is 22.0. The lowest BCUT2D eigenvalue weighted by molar-refractivity contribution is 0.346. The summed E-state index contributed by atoms with van der Waals surface area (Å²) in [6.45, 7) is 6.62. The van der Waals surface area contributed by atoms with Crippen LogP contribution in [0.2, 0.25) is 0 Å². The van der Waals surface area contributed by atoms with E-state index in [1.165, 1.54) is 6.42 Å². The first-order valence-electron chi connectivity index (χ1n) is 7.40. The topological polar surface area (TPSA) is 61.7 Å². The Hall–Kier alpha value is -1.78.